The molecule has 2 heterocycles. The molecule has 0 aromatic carbocycles. The van der Waals surface area contributed by atoms with Crippen LogP contribution in [0.15, 0.2) is 18.7 Å². The fraction of sp³-hybridized carbons (Fsp3) is 0.765. The molecule has 0 radical (unpaired) electrons. The number of rotatable bonds is 5. The summed E-state index contributed by atoms with van der Waals surface area (Å²) in [6, 6.07) is 0.373. The van der Waals surface area contributed by atoms with E-state index in [0.717, 1.165) is 45.5 Å². The van der Waals surface area contributed by atoms with Gasteiger partial charge in [-0.05, 0) is 25.2 Å². The normalized spacial score (nSPS) is 26.6. The van der Waals surface area contributed by atoms with Crippen molar-refractivity contribution in [3.8, 4) is 0 Å². The number of carbonyl (C=O) groups is 1. The smallest absolute Gasteiger partial charge is 0.317 e. The minimum Gasteiger partial charge on any atom is -0.384 e. The molecule has 3 rings (SSSR count). The first-order valence-electron chi connectivity index (χ1n) is 8.63. The van der Waals surface area contributed by atoms with Gasteiger partial charge in [-0.1, -0.05) is 13.3 Å². The molecule has 1 N–H and O–H groups in total. The zero-order chi connectivity index (χ0) is 16.3. The van der Waals surface area contributed by atoms with Gasteiger partial charge in [0.15, 0.2) is 0 Å². The molecule has 128 valence electrons. The van der Waals surface area contributed by atoms with Crippen LogP contribution in [0, 0.1) is 11.3 Å². The molecule has 6 nitrogen and oxygen atoms in total. The van der Waals surface area contributed by atoms with E-state index >= 15 is 0 Å². The Morgan fingerprint density at radius 3 is 2.91 bits per heavy atom. The highest BCUT2D eigenvalue weighted by Crippen LogP contribution is 2.40. The Morgan fingerprint density at radius 1 is 1.48 bits per heavy atom. The van der Waals surface area contributed by atoms with Crippen LogP contribution in [0.2, 0.25) is 0 Å². The van der Waals surface area contributed by atoms with E-state index in [-0.39, 0.29) is 11.4 Å². The van der Waals surface area contributed by atoms with Crippen LogP contribution in [0.5, 0.6) is 0 Å². The Hall–Kier alpha value is -1.56. The molecule has 0 bridgehead atoms. The number of carbonyl (C=O) groups excluding carboxylic acids is 1. The summed E-state index contributed by atoms with van der Waals surface area (Å²) in [5.74, 6) is 0.555. The van der Waals surface area contributed by atoms with Gasteiger partial charge in [-0.2, -0.15) is 0 Å². The molecule has 2 aliphatic rings. The van der Waals surface area contributed by atoms with Crippen LogP contribution in [0.1, 0.15) is 38.6 Å². The van der Waals surface area contributed by atoms with Crippen molar-refractivity contribution >= 4 is 6.03 Å². The molecule has 2 amide bonds. The van der Waals surface area contributed by atoms with Crippen LogP contribution < -0.4 is 5.32 Å². The van der Waals surface area contributed by atoms with Crippen molar-refractivity contribution in [3.63, 3.8) is 0 Å². The number of piperidine rings is 1. The summed E-state index contributed by atoms with van der Waals surface area (Å²) in [6.07, 6.45) is 10.2. The minimum atomic E-state index is 0.0596. The van der Waals surface area contributed by atoms with E-state index in [1.54, 1.807) is 13.3 Å². The molecule has 1 aliphatic carbocycles. The Morgan fingerprint density at radius 2 is 2.30 bits per heavy atom. The molecule has 1 aliphatic heterocycles. The van der Waals surface area contributed by atoms with Crippen molar-refractivity contribution in [1.82, 2.24) is 19.8 Å². The van der Waals surface area contributed by atoms with Crippen LogP contribution in [-0.2, 0) is 4.74 Å². The van der Waals surface area contributed by atoms with Gasteiger partial charge in [-0.15, -0.1) is 0 Å². The summed E-state index contributed by atoms with van der Waals surface area (Å²) in [5, 5.41) is 3.14. The lowest BCUT2D eigenvalue weighted by molar-refractivity contribution is 0.0185. The third-order valence-electron chi connectivity index (χ3n) is 5.59. The van der Waals surface area contributed by atoms with Gasteiger partial charge < -0.3 is 19.5 Å². The Balaban J connectivity index is 1.55. The van der Waals surface area contributed by atoms with Gasteiger partial charge in [0, 0.05) is 44.6 Å². The Kier molecular flexibility index (Phi) is 4.90. The van der Waals surface area contributed by atoms with Crippen LogP contribution in [-0.4, -0.2) is 53.8 Å². The number of nitrogens with zero attached hydrogens (tertiary/aromatic N) is 3. The van der Waals surface area contributed by atoms with E-state index in [9.17, 15) is 4.79 Å². The molecule has 1 saturated carbocycles. The summed E-state index contributed by atoms with van der Waals surface area (Å²) in [5.41, 5.74) is 0.164. The van der Waals surface area contributed by atoms with Crippen molar-refractivity contribution in [3.05, 3.63) is 18.7 Å². The fourth-order valence-electron chi connectivity index (χ4n) is 3.82. The largest absolute Gasteiger partial charge is 0.384 e. The molecular weight excluding hydrogens is 292 g/mol. The summed E-state index contributed by atoms with van der Waals surface area (Å²) >= 11 is 0. The van der Waals surface area contributed by atoms with E-state index in [1.807, 2.05) is 17.4 Å². The van der Waals surface area contributed by atoms with Gasteiger partial charge in [0.05, 0.1) is 19.0 Å². The minimum absolute atomic E-state index is 0.0596. The maximum absolute atomic E-state index is 12.6. The van der Waals surface area contributed by atoms with Crippen molar-refractivity contribution in [2.24, 2.45) is 11.3 Å². The summed E-state index contributed by atoms with van der Waals surface area (Å²) in [4.78, 5) is 18.6. The lowest BCUT2D eigenvalue weighted by atomic mass is 9.69. The number of hydrogen-bond acceptors (Lipinski definition) is 3. The average molecular weight is 320 g/mol. The van der Waals surface area contributed by atoms with Crippen LogP contribution in [0.3, 0.4) is 0 Å². The first-order valence-corrected chi connectivity index (χ1v) is 8.63. The Labute approximate surface area is 138 Å². The fourth-order valence-corrected chi connectivity index (χ4v) is 3.82. The first kappa shape index (κ1) is 16.3. The zero-order valence-corrected chi connectivity index (χ0v) is 14.2. The van der Waals surface area contributed by atoms with Gasteiger partial charge in [0.1, 0.15) is 0 Å². The number of urea groups is 1. The third-order valence-corrected chi connectivity index (χ3v) is 5.59. The van der Waals surface area contributed by atoms with Crippen LogP contribution >= 0.6 is 0 Å². The van der Waals surface area contributed by atoms with Crippen molar-refractivity contribution < 1.29 is 9.53 Å². The SMILES string of the molecule is COCC1(CNC(=O)N2CC[C@H](C)[C@H](n3ccnc3)C2)CCC1. The highest BCUT2D eigenvalue weighted by Gasteiger charge is 2.38. The molecule has 1 aromatic heterocycles. The molecule has 1 aromatic rings. The number of ether oxygens (including phenoxy) is 1. The number of amides is 2. The van der Waals surface area contributed by atoms with E-state index < -0.39 is 0 Å². The monoisotopic (exact) mass is 320 g/mol. The predicted octanol–water partition coefficient (Wildman–Crippen LogP) is 2.29. The van der Waals surface area contributed by atoms with Crippen LogP contribution in [0.4, 0.5) is 4.79 Å². The number of methoxy groups -OCH3 is 1. The van der Waals surface area contributed by atoms with E-state index in [1.165, 1.54) is 6.42 Å². The molecule has 0 spiro atoms. The summed E-state index contributed by atoms with van der Waals surface area (Å²) in [6.45, 7) is 5.29. The maximum atomic E-state index is 12.6. The molecule has 1 saturated heterocycles. The van der Waals surface area contributed by atoms with E-state index in [2.05, 4.69) is 21.8 Å². The number of nitrogens with one attached hydrogen (secondary N) is 1. The van der Waals surface area contributed by atoms with Gasteiger partial charge in [-0.25, -0.2) is 9.78 Å². The maximum Gasteiger partial charge on any atom is 0.317 e. The number of likely N-dealkylation sites (tertiary alicyclic amines) is 1. The Bertz CT molecular complexity index is 513. The topological polar surface area (TPSA) is 59.4 Å². The number of imidazole rings is 1. The second-order valence-electron chi connectivity index (χ2n) is 7.23. The summed E-state index contributed by atoms with van der Waals surface area (Å²) < 4.78 is 7.46. The number of hydrogen-bond donors (Lipinski definition) is 1. The molecule has 6 heteroatoms. The zero-order valence-electron chi connectivity index (χ0n) is 14.2. The van der Waals surface area contributed by atoms with Crippen molar-refractivity contribution in [2.75, 3.05) is 33.4 Å². The molecule has 23 heavy (non-hydrogen) atoms. The first-order chi connectivity index (χ1) is 11.1. The molecular formula is C17H28N4O2. The third kappa shape index (κ3) is 3.52. The second-order valence-corrected chi connectivity index (χ2v) is 7.23. The van der Waals surface area contributed by atoms with E-state index in [0.29, 0.717) is 12.0 Å². The summed E-state index contributed by atoms with van der Waals surface area (Å²) in [7, 11) is 1.74. The predicted molar refractivity (Wildman–Crippen MR) is 88.2 cm³/mol. The van der Waals surface area contributed by atoms with Gasteiger partial charge in [-0.3, -0.25) is 0 Å². The van der Waals surface area contributed by atoms with Gasteiger partial charge in [0.2, 0.25) is 0 Å². The lowest BCUT2D eigenvalue weighted by Crippen LogP contribution is -2.52. The number of aromatic nitrogens is 2. The quantitative estimate of drug-likeness (QED) is 0.905. The van der Waals surface area contributed by atoms with Gasteiger partial charge >= 0.3 is 6.03 Å². The highest BCUT2D eigenvalue weighted by molar-refractivity contribution is 5.74. The lowest BCUT2D eigenvalue weighted by Gasteiger charge is -2.42. The highest BCUT2D eigenvalue weighted by atomic mass is 16.5. The van der Waals surface area contributed by atoms with Crippen LogP contribution in [0.25, 0.3) is 0 Å². The van der Waals surface area contributed by atoms with Crippen molar-refractivity contribution in [1.29, 1.82) is 0 Å². The standard InChI is InChI=1S/C17H28N4O2/c1-14-4-8-20(10-15(14)21-9-7-18-13-21)16(22)19-11-17(12-23-2)5-3-6-17/h7,9,13-15H,3-6,8,10-12H2,1-2H3,(H,19,22)/t14-,15+/m0/s1. The average Bonchev–Trinajstić information content (AvgIpc) is 3.04. The van der Waals surface area contributed by atoms with E-state index in [4.69, 9.17) is 4.74 Å². The molecule has 2 fully saturated rings. The second kappa shape index (κ2) is 6.91. The molecule has 0 unspecified atom stereocenters. The van der Waals surface area contributed by atoms with Gasteiger partial charge in [0.25, 0.3) is 0 Å². The van der Waals surface area contributed by atoms with Crippen molar-refractivity contribution in [2.45, 2.75) is 38.6 Å². The molecule has 2 atom stereocenters.